The van der Waals surface area contributed by atoms with Crippen molar-refractivity contribution in [2.45, 2.75) is 19.5 Å². The van der Waals surface area contributed by atoms with Gasteiger partial charge in [-0.1, -0.05) is 42.0 Å². The third-order valence-corrected chi connectivity index (χ3v) is 6.39. The van der Waals surface area contributed by atoms with Gasteiger partial charge in [0.2, 0.25) is 0 Å². The van der Waals surface area contributed by atoms with Gasteiger partial charge in [0.05, 0.1) is 26.0 Å². The number of hydrogen-bond acceptors (Lipinski definition) is 7. The molecule has 1 fully saturated rings. The third kappa shape index (κ3) is 4.95. The number of benzene rings is 2. The van der Waals surface area contributed by atoms with E-state index < -0.39 is 0 Å². The first-order valence-electron chi connectivity index (χ1n) is 11.6. The zero-order valence-corrected chi connectivity index (χ0v) is 19.9. The molecule has 2 aromatic heterocycles. The quantitative estimate of drug-likeness (QED) is 0.408. The van der Waals surface area contributed by atoms with Crippen molar-refractivity contribution in [2.75, 3.05) is 33.3 Å². The zero-order valence-electron chi connectivity index (χ0n) is 19.9. The number of hydrogen-bond donors (Lipinski definition) is 0. The van der Waals surface area contributed by atoms with E-state index in [1.165, 1.54) is 11.8 Å². The maximum atomic E-state index is 12.7. The molecule has 0 bridgehead atoms. The Kier molecular flexibility index (Phi) is 6.58. The van der Waals surface area contributed by atoms with Crippen LogP contribution in [0.15, 0.2) is 71.3 Å². The van der Waals surface area contributed by atoms with Gasteiger partial charge in [-0.3, -0.25) is 9.69 Å². The number of aromatic nitrogens is 4. The maximum Gasteiger partial charge on any atom is 0.289 e. The highest BCUT2D eigenvalue weighted by Crippen LogP contribution is 2.29. The summed E-state index contributed by atoms with van der Waals surface area (Å²) in [6.45, 7) is 5.21. The van der Waals surface area contributed by atoms with Gasteiger partial charge in [0.25, 0.3) is 5.91 Å². The molecule has 1 saturated heterocycles. The van der Waals surface area contributed by atoms with E-state index in [0.29, 0.717) is 38.5 Å². The molecule has 0 unspecified atom stereocenters. The molecule has 35 heavy (non-hydrogen) atoms. The van der Waals surface area contributed by atoms with E-state index in [2.05, 4.69) is 51.6 Å². The first-order valence-corrected chi connectivity index (χ1v) is 11.6. The fourth-order valence-corrected chi connectivity index (χ4v) is 4.44. The minimum Gasteiger partial charge on any atom is -0.497 e. The smallest absolute Gasteiger partial charge is 0.289 e. The van der Waals surface area contributed by atoms with E-state index >= 15 is 0 Å². The molecule has 2 aromatic carbocycles. The summed E-state index contributed by atoms with van der Waals surface area (Å²) >= 11 is 0. The monoisotopic (exact) mass is 472 g/mol. The molecule has 9 heteroatoms. The van der Waals surface area contributed by atoms with Gasteiger partial charge in [-0.25, -0.2) is 4.68 Å². The molecule has 9 nitrogen and oxygen atoms in total. The highest BCUT2D eigenvalue weighted by atomic mass is 16.5. The number of nitrogens with zero attached hydrogens (tertiary/aromatic N) is 6. The predicted molar refractivity (Wildman–Crippen MR) is 129 cm³/mol. The average Bonchev–Trinajstić information content (AvgIpc) is 3.59. The van der Waals surface area contributed by atoms with Gasteiger partial charge in [0, 0.05) is 26.2 Å². The van der Waals surface area contributed by atoms with Crippen LogP contribution < -0.4 is 4.74 Å². The largest absolute Gasteiger partial charge is 0.497 e. The number of piperazine rings is 1. The van der Waals surface area contributed by atoms with Crippen LogP contribution in [-0.2, 0) is 6.54 Å². The third-order valence-electron chi connectivity index (χ3n) is 6.39. The van der Waals surface area contributed by atoms with Crippen molar-refractivity contribution >= 4 is 5.91 Å². The summed E-state index contributed by atoms with van der Waals surface area (Å²) in [5, 5.41) is 12.8. The minimum atomic E-state index is -0.135. The number of tetrazole rings is 1. The lowest BCUT2D eigenvalue weighted by atomic mass is 10.0. The van der Waals surface area contributed by atoms with Crippen molar-refractivity contribution in [2.24, 2.45) is 0 Å². The molecule has 1 aliphatic heterocycles. The molecule has 0 spiro atoms. The van der Waals surface area contributed by atoms with Gasteiger partial charge >= 0.3 is 0 Å². The first kappa shape index (κ1) is 22.8. The lowest BCUT2D eigenvalue weighted by Crippen LogP contribution is -2.50. The molecule has 0 aliphatic carbocycles. The second kappa shape index (κ2) is 10.1. The predicted octanol–water partition coefficient (Wildman–Crippen LogP) is 3.18. The Morgan fingerprint density at radius 1 is 1.03 bits per heavy atom. The van der Waals surface area contributed by atoms with Crippen LogP contribution in [0.3, 0.4) is 0 Å². The van der Waals surface area contributed by atoms with Crippen LogP contribution in [0, 0.1) is 6.92 Å². The Hall–Kier alpha value is -3.98. The topological polar surface area (TPSA) is 89.5 Å². The number of furan rings is 1. The van der Waals surface area contributed by atoms with Crippen LogP contribution >= 0.6 is 0 Å². The van der Waals surface area contributed by atoms with Gasteiger partial charge in [-0.2, -0.15) is 0 Å². The molecule has 180 valence electrons. The van der Waals surface area contributed by atoms with Crippen molar-refractivity contribution < 1.29 is 13.9 Å². The summed E-state index contributed by atoms with van der Waals surface area (Å²) in [7, 11) is 1.66. The van der Waals surface area contributed by atoms with Crippen LogP contribution in [0.25, 0.3) is 0 Å². The molecule has 1 aliphatic rings. The van der Waals surface area contributed by atoms with Crippen molar-refractivity contribution in [3.8, 4) is 5.75 Å². The second-order valence-corrected chi connectivity index (χ2v) is 8.66. The van der Waals surface area contributed by atoms with Crippen LogP contribution in [-0.4, -0.2) is 69.2 Å². The second-order valence-electron chi connectivity index (χ2n) is 8.66. The molecule has 1 amide bonds. The maximum absolute atomic E-state index is 12.7. The van der Waals surface area contributed by atoms with E-state index in [0.717, 1.165) is 22.7 Å². The van der Waals surface area contributed by atoms with Crippen LogP contribution in [0.2, 0.25) is 0 Å². The molecule has 1 atom stereocenters. The van der Waals surface area contributed by atoms with E-state index in [4.69, 9.17) is 9.15 Å². The van der Waals surface area contributed by atoms with Crippen molar-refractivity contribution in [3.63, 3.8) is 0 Å². The summed E-state index contributed by atoms with van der Waals surface area (Å²) in [4.78, 5) is 16.9. The fraction of sp³-hybridized carbons (Fsp3) is 0.308. The van der Waals surface area contributed by atoms with Gasteiger partial charge < -0.3 is 14.1 Å². The van der Waals surface area contributed by atoms with E-state index in [9.17, 15) is 4.79 Å². The number of methoxy groups -OCH3 is 1. The van der Waals surface area contributed by atoms with E-state index in [1.54, 1.807) is 19.2 Å². The van der Waals surface area contributed by atoms with Crippen LogP contribution in [0.1, 0.15) is 39.1 Å². The molecular formula is C26H28N6O3. The summed E-state index contributed by atoms with van der Waals surface area (Å²) in [5.41, 5.74) is 3.39. The van der Waals surface area contributed by atoms with Gasteiger partial charge in [0.1, 0.15) is 5.75 Å². The molecule has 3 heterocycles. The Labute approximate surface area is 203 Å². The number of carbonyl (C=O) groups excluding carboxylic acids is 1. The highest BCUT2D eigenvalue weighted by Gasteiger charge is 2.32. The SMILES string of the molecule is COc1ccc(Cn2nnnc2[C@@H](c2ccc(C)cc2)N2CCN(C(=O)c3ccco3)CC2)cc1. The summed E-state index contributed by atoms with van der Waals surface area (Å²) in [6, 6.07) is 19.7. The number of carbonyl (C=O) groups is 1. The number of ether oxygens (including phenoxy) is 1. The van der Waals surface area contributed by atoms with Gasteiger partial charge in [-0.15, -0.1) is 5.10 Å². The number of amides is 1. The Morgan fingerprint density at radius 2 is 1.77 bits per heavy atom. The lowest BCUT2D eigenvalue weighted by Gasteiger charge is -2.38. The average molecular weight is 473 g/mol. The normalized spacial score (nSPS) is 15.2. The summed E-state index contributed by atoms with van der Waals surface area (Å²) in [5.74, 6) is 1.88. The Balaban J connectivity index is 1.39. The number of aryl methyl sites for hydroxylation is 1. The molecule has 5 rings (SSSR count). The fourth-order valence-electron chi connectivity index (χ4n) is 4.44. The number of rotatable bonds is 7. The van der Waals surface area contributed by atoms with Crippen LogP contribution in [0.5, 0.6) is 5.75 Å². The van der Waals surface area contributed by atoms with Crippen molar-refractivity contribution in [1.82, 2.24) is 30.0 Å². The van der Waals surface area contributed by atoms with E-state index in [1.807, 2.05) is 33.8 Å². The van der Waals surface area contributed by atoms with Gasteiger partial charge in [0.15, 0.2) is 11.6 Å². The van der Waals surface area contributed by atoms with Crippen molar-refractivity contribution in [1.29, 1.82) is 0 Å². The molecule has 0 N–H and O–H groups in total. The first-order chi connectivity index (χ1) is 17.1. The Morgan fingerprint density at radius 3 is 2.43 bits per heavy atom. The molecule has 0 saturated carbocycles. The van der Waals surface area contributed by atoms with Gasteiger partial charge in [-0.05, 0) is 52.7 Å². The van der Waals surface area contributed by atoms with Crippen molar-refractivity contribution in [3.05, 3.63) is 95.2 Å². The summed E-state index contributed by atoms with van der Waals surface area (Å²) in [6.07, 6.45) is 1.53. The molecule has 0 radical (unpaired) electrons. The summed E-state index contributed by atoms with van der Waals surface area (Å²) < 4.78 is 12.4. The lowest BCUT2D eigenvalue weighted by molar-refractivity contribution is 0.0559. The van der Waals surface area contributed by atoms with E-state index in [-0.39, 0.29) is 11.9 Å². The Bertz CT molecular complexity index is 1240. The molecular weight excluding hydrogens is 444 g/mol. The minimum absolute atomic E-state index is 0.0779. The standard InChI is InChI=1S/C26H28N6O3/c1-19-5-9-21(10-6-19)24(30-13-15-31(16-14-30)26(33)23-4-3-17-35-23)25-27-28-29-32(25)18-20-7-11-22(34-2)12-8-20/h3-12,17,24H,13-16,18H2,1-2H3/t24-/m1/s1. The zero-order chi connectivity index (χ0) is 24.2. The molecule has 4 aromatic rings. The highest BCUT2D eigenvalue weighted by molar-refractivity contribution is 5.91. The van der Waals surface area contributed by atoms with Crippen LogP contribution in [0.4, 0.5) is 0 Å².